The molecule has 0 saturated carbocycles. The van der Waals surface area contributed by atoms with E-state index in [0.29, 0.717) is 0 Å². The van der Waals surface area contributed by atoms with Gasteiger partial charge in [0, 0.05) is 11.7 Å². The van der Waals surface area contributed by atoms with E-state index in [1.807, 2.05) is 0 Å². The molecular formula is C11H11F3N2. The number of benzene rings is 1. The first-order valence-electron chi connectivity index (χ1n) is 4.72. The van der Waals surface area contributed by atoms with E-state index in [9.17, 15) is 13.2 Å². The highest BCUT2D eigenvalue weighted by Gasteiger charge is 2.33. The van der Waals surface area contributed by atoms with Gasteiger partial charge >= 0.3 is 6.18 Å². The molecular weight excluding hydrogens is 217 g/mol. The minimum absolute atomic E-state index is 0.00139. The number of anilines is 1. The number of rotatable bonds is 2. The summed E-state index contributed by atoms with van der Waals surface area (Å²) in [4.78, 5) is 0. The average Bonchev–Trinajstić information content (AvgIpc) is 2.15. The number of hydrogen-bond donors (Lipinski definition) is 1. The Balaban J connectivity index is 3.23. The first-order chi connectivity index (χ1) is 7.34. The predicted octanol–water partition coefficient (Wildman–Crippen LogP) is 3.40. The Kier molecular flexibility index (Phi) is 3.43. The van der Waals surface area contributed by atoms with Gasteiger partial charge in [-0.2, -0.15) is 18.4 Å². The molecule has 86 valence electrons. The lowest BCUT2D eigenvalue weighted by atomic mass is 10.1. The van der Waals surface area contributed by atoms with Crippen LogP contribution in [0.3, 0.4) is 0 Å². The van der Waals surface area contributed by atoms with Gasteiger partial charge in [0.15, 0.2) is 0 Å². The van der Waals surface area contributed by atoms with E-state index in [0.717, 1.165) is 6.07 Å². The predicted molar refractivity (Wildman–Crippen MR) is 54.9 cm³/mol. The summed E-state index contributed by atoms with van der Waals surface area (Å²) in [6.07, 6.45) is -4.45. The molecule has 0 aliphatic carbocycles. The highest BCUT2D eigenvalue weighted by atomic mass is 19.4. The van der Waals surface area contributed by atoms with E-state index < -0.39 is 11.7 Å². The summed E-state index contributed by atoms with van der Waals surface area (Å²) in [5.41, 5.74) is -0.802. The maximum atomic E-state index is 12.7. The molecule has 1 aromatic carbocycles. The Bertz CT molecular complexity index is 416. The lowest BCUT2D eigenvalue weighted by Gasteiger charge is -2.16. The van der Waals surface area contributed by atoms with Crippen molar-refractivity contribution >= 4 is 5.69 Å². The fourth-order valence-electron chi connectivity index (χ4n) is 1.29. The maximum Gasteiger partial charge on any atom is 0.418 e. The fraction of sp³-hybridized carbons (Fsp3) is 0.364. The second kappa shape index (κ2) is 4.44. The second-order valence-electron chi connectivity index (χ2n) is 3.67. The van der Waals surface area contributed by atoms with Gasteiger partial charge < -0.3 is 5.32 Å². The molecule has 16 heavy (non-hydrogen) atoms. The Morgan fingerprint density at radius 1 is 1.31 bits per heavy atom. The van der Waals surface area contributed by atoms with Crippen molar-refractivity contribution in [2.24, 2.45) is 0 Å². The minimum atomic E-state index is -4.45. The number of nitrogens with one attached hydrogen (secondary N) is 1. The van der Waals surface area contributed by atoms with Crippen molar-refractivity contribution in [2.75, 3.05) is 5.32 Å². The molecule has 0 unspecified atom stereocenters. The van der Waals surface area contributed by atoms with Crippen molar-refractivity contribution in [1.29, 1.82) is 5.26 Å². The highest BCUT2D eigenvalue weighted by Crippen LogP contribution is 2.35. The van der Waals surface area contributed by atoms with Crippen LogP contribution in [-0.2, 0) is 6.18 Å². The lowest BCUT2D eigenvalue weighted by Crippen LogP contribution is -2.15. The SMILES string of the molecule is CC(C)Nc1ccc(C#N)cc1C(F)(F)F. The van der Waals surface area contributed by atoms with Gasteiger partial charge in [-0.3, -0.25) is 0 Å². The van der Waals surface area contributed by atoms with Gasteiger partial charge in [-0.05, 0) is 32.0 Å². The Morgan fingerprint density at radius 2 is 1.94 bits per heavy atom. The standard InChI is InChI=1S/C11H11F3N2/c1-7(2)16-10-4-3-8(6-15)5-9(10)11(12,13)14/h3-5,7,16H,1-2H3. The van der Waals surface area contributed by atoms with Crippen LogP contribution in [0.4, 0.5) is 18.9 Å². The zero-order valence-corrected chi connectivity index (χ0v) is 8.89. The molecule has 0 saturated heterocycles. The van der Waals surface area contributed by atoms with E-state index in [-0.39, 0.29) is 17.3 Å². The molecule has 2 nitrogen and oxygen atoms in total. The minimum Gasteiger partial charge on any atom is -0.382 e. The summed E-state index contributed by atoms with van der Waals surface area (Å²) < 4.78 is 38.0. The summed E-state index contributed by atoms with van der Waals surface area (Å²) >= 11 is 0. The number of alkyl halides is 3. The molecule has 0 aromatic heterocycles. The van der Waals surface area contributed by atoms with Crippen molar-refractivity contribution in [3.63, 3.8) is 0 Å². The zero-order valence-electron chi connectivity index (χ0n) is 8.89. The van der Waals surface area contributed by atoms with Gasteiger partial charge in [-0.1, -0.05) is 0 Å². The van der Waals surface area contributed by atoms with Crippen LogP contribution in [0.2, 0.25) is 0 Å². The first kappa shape index (κ1) is 12.4. The molecule has 0 amide bonds. The van der Waals surface area contributed by atoms with Crippen LogP contribution in [0.5, 0.6) is 0 Å². The largest absolute Gasteiger partial charge is 0.418 e. The molecule has 0 bridgehead atoms. The van der Waals surface area contributed by atoms with Crippen LogP contribution >= 0.6 is 0 Å². The highest BCUT2D eigenvalue weighted by molar-refractivity contribution is 5.56. The van der Waals surface area contributed by atoms with Gasteiger partial charge in [0.05, 0.1) is 17.2 Å². The Morgan fingerprint density at radius 3 is 2.38 bits per heavy atom. The summed E-state index contributed by atoms with van der Waals surface area (Å²) in [5.74, 6) is 0. The Hall–Kier alpha value is -1.70. The smallest absolute Gasteiger partial charge is 0.382 e. The third-order valence-electron chi connectivity index (χ3n) is 1.90. The van der Waals surface area contributed by atoms with Crippen molar-refractivity contribution < 1.29 is 13.2 Å². The fourth-order valence-corrected chi connectivity index (χ4v) is 1.29. The summed E-state index contributed by atoms with van der Waals surface area (Å²) in [7, 11) is 0. The molecule has 1 aromatic rings. The van der Waals surface area contributed by atoms with Gasteiger partial charge in [-0.25, -0.2) is 0 Å². The molecule has 0 aliphatic rings. The van der Waals surface area contributed by atoms with Crippen molar-refractivity contribution in [3.8, 4) is 6.07 Å². The monoisotopic (exact) mass is 228 g/mol. The van der Waals surface area contributed by atoms with E-state index in [4.69, 9.17) is 5.26 Å². The van der Waals surface area contributed by atoms with Crippen LogP contribution < -0.4 is 5.32 Å². The third-order valence-corrected chi connectivity index (χ3v) is 1.90. The van der Waals surface area contributed by atoms with Crippen LogP contribution in [0.15, 0.2) is 18.2 Å². The molecule has 0 atom stereocenters. The second-order valence-corrected chi connectivity index (χ2v) is 3.67. The number of nitriles is 1. The lowest BCUT2D eigenvalue weighted by molar-refractivity contribution is -0.137. The molecule has 0 radical (unpaired) electrons. The normalized spacial score (nSPS) is 11.3. The van der Waals surface area contributed by atoms with Crippen molar-refractivity contribution in [1.82, 2.24) is 0 Å². The Labute approximate surface area is 91.7 Å². The summed E-state index contributed by atoms with van der Waals surface area (Å²) in [5, 5.41) is 11.3. The van der Waals surface area contributed by atoms with Crippen molar-refractivity contribution in [3.05, 3.63) is 29.3 Å². The van der Waals surface area contributed by atoms with E-state index in [2.05, 4.69) is 5.32 Å². The number of hydrogen-bond acceptors (Lipinski definition) is 2. The summed E-state index contributed by atoms with van der Waals surface area (Å²) in [6.45, 7) is 3.50. The first-order valence-corrected chi connectivity index (χ1v) is 4.72. The quantitative estimate of drug-likeness (QED) is 0.842. The van der Waals surface area contributed by atoms with Crippen molar-refractivity contribution in [2.45, 2.75) is 26.1 Å². The molecule has 0 spiro atoms. The van der Waals surface area contributed by atoms with Gasteiger partial charge in [0.2, 0.25) is 0 Å². The molecule has 0 heterocycles. The maximum absolute atomic E-state index is 12.7. The third kappa shape index (κ3) is 2.89. The van der Waals surface area contributed by atoms with E-state index in [1.165, 1.54) is 12.1 Å². The average molecular weight is 228 g/mol. The molecule has 0 fully saturated rings. The van der Waals surface area contributed by atoms with E-state index >= 15 is 0 Å². The van der Waals surface area contributed by atoms with Gasteiger partial charge in [0.25, 0.3) is 0 Å². The van der Waals surface area contributed by atoms with Gasteiger partial charge in [0.1, 0.15) is 0 Å². The molecule has 5 heteroatoms. The van der Waals surface area contributed by atoms with Crippen LogP contribution in [0.1, 0.15) is 25.0 Å². The zero-order chi connectivity index (χ0) is 12.3. The number of halogens is 3. The molecule has 0 aliphatic heterocycles. The topological polar surface area (TPSA) is 35.8 Å². The number of nitrogens with zero attached hydrogens (tertiary/aromatic N) is 1. The van der Waals surface area contributed by atoms with Crippen LogP contribution in [0.25, 0.3) is 0 Å². The van der Waals surface area contributed by atoms with Gasteiger partial charge in [-0.15, -0.1) is 0 Å². The van der Waals surface area contributed by atoms with Crippen LogP contribution in [-0.4, -0.2) is 6.04 Å². The summed E-state index contributed by atoms with van der Waals surface area (Å²) in [6, 6.07) is 5.08. The van der Waals surface area contributed by atoms with Crippen LogP contribution in [0, 0.1) is 11.3 Å². The molecule has 1 rings (SSSR count). The van der Waals surface area contributed by atoms with E-state index in [1.54, 1.807) is 19.9 Å². The molecule has 1 N–H and O–H groups in total.